The number of hydrogen-bond acceptors (Lipinski definition) is 6. The van der Waals surface area contributed by atoms with Gasteiger partial charge in [0.1, 0.15) is 5.82 Å². The maximum absolute atomic E-state index is 12.9. The van der Waals surface area contributed by atoms with E-state index in [-0.39, 0.29) is 17.5 Å². The van der Waals surface area contributed by atoms with E-state index < -0.39 is 0 Å². The van der Waals surface area contributed by atoms with Gasteiger partial charge in [-0.15, -0.1) is 5.10 Å². The lowest BCUT2D eigenvalue weighted by molar-refractivity contribution is -0.118. The van der Waals surface area contributed by atoms with E-state index in [2.05, 4.69) is 31.0 Å². The number of aromatic amines is 1. The van der Waals surface area contributed by atoms with E-state index in [0.717, 1.165) is 16.8 Å². The molecule has 2 aromatic carbocycles. The molecule has 29 heavy (non-hydrogen) atoms. The second-order valence-corrected chi connectivity index (χ2v) is 7.10. The Labute approximate surface area is 172 Å². The fraction of sp³-hybridized carbons (Fsp3) is 0.200. The second-order valence-electron chi connectivity index (χ2n) is 6.16. The van der Waals surface area contributed by atoms with Gasteiger partial charge in [-0.25, -0.2) is 14.9 Å². The van der Waals surface area contributed by atoms with Crippen LogP contribution in [0.1, 0.15) is 18.1 Å². The van der Waals surface area contributed by atoms with Gasteiger partial charge < -0.3 is 5.32 Å². The molecule has 3 rings (SSSR count). The monoisotopic (exact) mass is 412 g/mol. The van der Waals surface area contributed by atoms with E-state index in [9.17, 15) is 9.18 Å². The number of hydrazone groups is 1. The summed E-state index contributed by atoms with van der Waals surface area (Å²) in [4.78, 5) is 16.2. The first kappa shape index (κ1) is 20.5. The van der Waals surface area contributed by atoms with Crippen molar-refractivity contribution in [3.63, 3.8) is 0 Å². The van der Waals surface area contributed by atoms with E-state index >= 15 is 0 Å². The Morgan fingerprint density at radius 3 is 2.69 bits per heavy atom. The molecular formula is C20H21FN6OS. The highest BCUT2D eigenvalue weighted by atomic mass is 32.2. The first-order valence-corrected chi connectivity index (χ1v) is 10.0. The third-order valence-corrected chi connectivity index (χ3v) is 4.81. The van der Waals surface area contributed by atoms with Gasteiger partial charge in [-0.3, -0.25) is 4.79 Å². The van der Waals surface area contributed by atoms with Crippen LogP contribution in [0.4, 0.5) is 10.3 Å². The fourth-order valence-corrected chi connectivity index (χ4v) is 3.05. The minimum absolute atomic E-state index is 0.116. The van der Waals surface area contributed by atoms with Crippen LogP contribution in [0.2, 0.25) is 0 Å². The quantitative estimate of drug-likeness (QED) is 0.285. The number of anilines is 1. The lowest BCUT2D eigenvalue weighted by Crippen LogP contribution is -2.27. The zero-order chi connectivity index (χ0) is 20.5. The van der Waals surface area contributed by atoms with Crippen molar-refractivity contribution in [2.75, 3.05) is 17.7 Å². The van der Waals surface area contributed by atoms with Gasteiger partial charge in [-0.2, -0.15) is 10.1 Å². The largest absolute Gasteiger partial charge is 0.355 e. The average molecular weight is 412 g/mol. The third kappa shape index (κ3) is 6.72. The molecule has 0 bridgehead atoms. The highest BCUT2D eigenvalue weighted by Crippen LogP contribution is 2.13. The van der Waals surface area contributed by atoms with Crippen LogP contribution in [-0.4, -0.2) is 39.1 Å². The van der Waals surface area contributed by atoms with Gasteiger partial charge in [0, 0.05) is 6.54 Å². The number of carbonyl (C=O) groups is 1. The molecule has 1 heterocycles. The van der Waals surface area contributed by atoms with E-state index in [0.29, 0.717) is 24.1 Å². The van der Waals surface area contributed by atoms with Crippen molar-refractivity contribution in [3.05, 3.63) is 71.5 Å². The molecule has 0 saturated carbocycles. The predicted octanol–water partition coefficient (Wildman–Crippen LogP) is 3.23. The number of H-pyrrole nitrogens is 1. The van der Waals surface area contributed by atoms with E-state index in [1.165, 1.54) is 23.9 Å². The zero-order valence-corrected chi connectivity index (χ0v) is 16.7. The van der Waals surface area contributed by atoms with Crippen molar-refractivity contribution in [2.24, 2.45) is 5.10 Å². The summed E-state index contributed by atoms with van der Waals surface area (Å²) < 4.78 is 12.9. The minimum Gasteiger partial charge on any atom is -0.355 e. The van der Waals surface area contributed by atoms with Gasteiger partial charge in [0.15, 0.2) is 0 Å². The van der Waals surface area contributed by atoms with Crippen molar-refractivity contribution in [2.45, 2.75) is 18.5 Å². The molecule has 0 unspecified atom stereocenters. The van der Waals surface area contributed by atoms with Crippen molar-refractivity contribution in [1.82, 2.24) is 20.5 Å². The van der Waals surface area contributed by atoms with Gasteiger partial charge in [0.25, 0.3) is 0 Å². The lowest BCUT2D eigenvalue weighted by atomic mass is 10.1. The number of rotatable bonds is 9. The van der Waals surface area contributed by atoms with Crippen LogP contribution < -0.4 is 10.7 Å². The molecule has 150 valence electrons. The summed E-state index contributed by atoms with van der Waals surface area (Å²) in [5.74, 6) is 0.219. The standard InChI is InChI=1S/C20H21FN6OS/c1-14(16-5-3-2-4-6-16)24-25-19-23-20(27-26-19)29-13-18(28)22-12-11-15-7-9-17(21)10-8-15/h2-10H,11-13H2,1H3,(H,22,28)(H2,23,25,26,27)/b24-14+. The SMILES string of the molecule is C/C(=N\Nc1nc(SCC(=O)NCCc2ccc(F)cc2)n[nH]1)c1ccccc1. The van der Waals surface area contributed by atoms with Crippen LogP contribution >= 0.6 is 11.8 Å². The maximum atomic E-state index is 12.9. The van der Waals surface area contributed by atoms with Gasteiger partial charge >= 0.3 is 0 Å². The summed E-state index contributed by atoms with van der Waals surface area (Å²) >= 11 is 1.22. The number of halogens is 1. The molecule has 3 N–H and O–H groups in total. The average Bonchev–Trinajstić information content (AvgIpc) is 3.20. The van der Waals surface area contributed by atoms with Crippen molar-refractivity contribution in [1.29, 1.82) is 0 Å². The van der Waals surface area contributed by atoms with E-state index in [1.54, 1.807) is 12.1 Å². The van der Waals surface area contributed by atoms with Gasteiger partial charge in [0.05, 0.1) is 11.5 Å². The van der Waals surface area contributed by atoms with Crippen molar-refractivity contribution in [3.8, 4) is 0 Å². The molecule has 3 aromatic rings. The molecule has 1 amide bonds. The second kappa shape index (κ2) is 10.4. The number of aromatic nitrogens is 3. The van der Waals surface area contributed by atoms with E-state index in [4.69, 9.17) is 0 Å². The number of hydrogen-bond donors (Lipinski definition) is 3. The molecule has 0 spiro atoms. The Hall–Kier alpha value is -3.20. The summed E-state index contributed by atoms with van der Waals surface area (Å²) in [5, 5.41) is 14.3. The molecule has 0 saturated heterocycles. The highest BCUT2D eigenvalue weighted by molar-refractivity contribution is 7.99. The molecule has 9 heteroatoms. The molecule has 0 radical (unpaired) electrons. The van der Waals surface area contributed by atoms with Crippen LogP contribution in [-0.2, 0) is 11.2 Å². The number of amides is 1. The Bertz CT molecular complexity index is 959. The Kier molecular flexibility index (Phi) is 7.34. The highest BCUT2D eigenvalue weighted by Gasteiger charge is 2.07. The fourth-order valence-electron chi connectivity index (χ4n) is 2.42. The number of thioether (sulfide) groups is 1. The number of nitrogens with one attached hydrogen (secondary N) is 3. The van der Waals surface area contributed by atoms with Crippen LogP contribution in [0.15, 0.2) is 64.9 Å². The molecule has 0 aliphatic heterocycles. The summed E-state index contributed by atoms with van der Waals surface area (Å²) in [6.07, 6.45) is 0.643. The minimum atomic E-state index is -0.268. The van der Waals surface area contributed by atoms with Gasteiger partial charge in [-0.1, -0.05) is 54.2 Å². The first-order valence-electron chi connectivity index (χ1n) is 9.02. The van der Waals surface area contributed by atoms with Crippen molar-refractivity contribution >= 4 is 29.3 Å². The third-order valence-electron chi connectivity index (χ3n) is 3.97. The molecule has 0 atom stereocenters. The summed E-state index contributed by atoms with van der Waals surface area (Å²) in [6, 6.07) is 16.0. The number of nitrogens with zero attached hydrogens (tertiary/aromatic N) is 3. The summed E-state index contributed by atoms with van der Waals surface area (Å²) in [6.45, 7) is 2.38. The first-order chi connectivity index (χ1) is 14.1. The van der Waals surface area contributed by atoms with Crippen molar-refractivity contribution < 1.29 is 9.18 Å². The molecule has 0 fully saturated rings. The van der Waals surface area contributed by atoms with Gasteiger partial charge in [0.2, 0.25) is 17.0 Å². The Morgan fingerprint density at radius 2 is 1.93 bits per heavy atom. The molecular weight excluding hydrogens is 391 g/mol. The number of carbonyl (C=O) groups excluding carboxylic acids is 1. The van der Waals surface area contributed by atoms with Crippen LogP contribution in [0.5, 0.6) is 0 Å². The predicted molar refractivity (Wildman–Crippen MR) is 112 cm³/mol. The topological polar surface area (TPSA) is 95.1 Å². The molecule has 7 nitrogen and oxygen atoms in total. The Balaban J connectivity index is 1.39. The molecule has 0 aliphatic carbocycles. The Morgan fingerprint density at radius 1 is 1.17 bits per heavy atom. The normalized spacial score (nSPS) is 11.3. The smallest absolute Gasteiger partial charge is 0.240 e. The van der Waals surface area contributed by atoms with Crippen LogP contribution in [0, 0.1) is 5.82 Å². The lowest BCUT2D eigenvalue weighted by Gasteiger charge is -2.04. The number of benzene rings is 2. The van der Waals surface area contributed by atoms with Crippen LogP contribution in [0.25, 0.3) is 0 Å². The van der Waals surface area contributed by atoms with Gasteiger partial charge in [-0.05, 0) is 36.6 Å². The summed E-state index contributed by atoms with van der Waals surface area (Å²) in [7, 11) is 0. The molecule has 0 aliphatic rings. The maximum Gasteiger partial charge on any atom is 0.240 e. The molecule has 1 aromatic heterocycles. The zero-order valence-electron chi connectivity index (χ0n) is 15.9. The van der Waals surface area contributed by atoms with E-state index in [1.807, 2.05) is 37.3 Å². The van der Waals surface area contributed by atoms with Crippen LogP contribution in [0.3, 0.4) is 0 Å². The summed E-state index contributed by atoms with van der Waals surface area (Å²) in [5.41, 5.74) is 5.62.